The molecule has 0 unspecified atom stereocenters. The van der Waals surface area contributed by atoms with Gasteiger partial charge in [0.25, 0.3) is 0 Å². The molecule has 1 aliphatic heterocycles. The van der Waals surface area contributed by atoms with Crippen LogP contribution in [0.4, 0.5) is 11.4 Å². The van der Waals surface area contributed by atoms with Crippen molar-refractivity contribution >= 4 is 22.4 Å². The number of benzene rings is 1. The number of anilines is 1. The van der Waals surface area contributed by atoms with E-state index < -0.39 is 4.92 Å². The summed E-state index contributed by atoms with van der Waals surface area (Å²) < 4.78 is 4.71. The van der Waals surface area contributed by atoms with E-state index in [0.717, 1.165) is 12.8 Å². The van der Waals surface area contributed by atoms with Crippen molar-refractivity contribution in [2.24, 2.45) is 0 Å². The number of aromatic nitrogens is 2. The average molecular weight is 319 g/mol. The first-order valence-electron chi connectivity index (χ1n) is 7.62. The third kappa shape index (κ3) is 3.12. The average Bonchev–Trinajstić information content (AvgIpc) is 2.84. The lowest BCUT2D eigenvalue weighted by molar-refractivity contribution is -0.383. The molecule has 0 radical (unpaired) electrons. The molecule has 124 valence electrons. The lowest BCUT2D eigenvalue weighted by Gasteiger charge is -2.46. The van der Waals surface area contributed by atoms with Crippen LogP contribution in [-0.4, -0.2) is 32.4 Å². The number of fused-ring (bicyclic) bond motifs is 1. The van der Waals surface area contributed by atoms with E-state index >= 15 is 0 Å². The summed E-state index contributed by atoms with van der Waals surface area (Å²) in [6.07, 6.45) is 1.86. The fourth-order valence-electron chi connectivity index (χ4n) is 3.76. The second-order valence-corrected chi connectivity index (χ2v) is 7.49. The Labute approximate surface area is 133 Å². The van der Waals surface area contributed by atoms with Crippen LogP contribution in [0.5, 0.6) is 0 Å². The molecule has 1 aliphatic rings. The minimum absolute atomic E-state index is 0.00137. The number of non-ortho nitro benzene ring substituents is 1. The van der Waals surface area contributed by atoms with Crippen LogP contribution in [0.1, 0.15) is 40.5 Å². The van der Waals surface area contributed by atoms with Crippen molar-refractivity contribution in [2.45, 2.75) is 57.7 Å². The van der Waals surface area contributed by atoms with E-state index in [9.17, 15) is 10.1 Å². The molecule has 1 fully saturated rings. The molecule has 8 heteroatoms. The standard InChI is InChI=1S/C15H21N5O3/c1-14(2)7-9(8-15(3,4)19-14)16-10-5-6-11(20(21)22)13-12(10)17-23-18-13/h5-6,9,16,19H,7-8H2,1-4H3. The van der Waals surface area contributed by atoms with Gasteiger partial charge in [0, 0.05) is 23.2 Å². The van der Waals surface area contributed by atoms with Crippen molar-refractivity contribution in [1.29, 1.82) is 0 Å². The Bertz CT molecular complexity index is 737. The molecule has 0 saturated carbocycles. The summed E-state index contributed by atoms with van der Waals surface area (Å²) in [5.41, 5.74) is 1.19. The van der Waals surface area contributed by atoms with Crippen LogP contribution in [0.15, 0.2) is 16.8 Å². The van der Waals surface area contributed by atoms with Crippen LogP contribution in [0, 0.1) is 10.1 Å². The number of nitrogens with one attached hydrogen (secondary N) is 2. The molecule has 0 atom stereocenters. The fourth-order valence-corrected chi connectivity index (χ4v) is 3.76. The smallest absolute Gasteiger partial charge is 0.300 e. The number of piperidine rings is 1. The van der Waals surface area contributed by atoms with Gasteiger partial charge in [-0.2, -0.15) is 0 Å². The third-order valence-electron chi connectivity index (χ3n) is 4.14. The Morgan fingerprint density at radius 1 is 1.22 bits per heavy atom. The maximum Gasteiger partial charge on any atom is 0.300 e. The van der Waals surface area contributed by atoms with Gasteiger partial charge in [-0.25, -0.2) is 4.63 Å². The maximum absolute atomic E-state index is 11.1. The Hall–Kier alpha value is -2.22. The molecule has 0 aliphatic carbocycles. The topological polar surface area (TPSA) is 106 Å². The van der Waals surface area contributed by atoms with Gasteiger partial charge in [-0.05, 0) is 56.9 Å². The van der Waals surface area contributed by atoms with E-state index in [2.05, 4.69) is 48.6 Å². The first-order valence-corrected chi connectivity index (χ1v) is 7.62. The SMILES string of the molecule is CC1(C)CC(Nc2ccc([N+](=O)[O-])c3nonc23)CC(C)(C)N1. The van der Waals surface area contributed by atoms with Crippen LogP contribution in [-0.2, 0) is 0 Å². The molecule has 23 heavy (non-hydrogen) atoms. The monoisotopic (exact) mass is 319 g/mol. The van der Waals surface area contributed by atoms with Crippen molar-refractivity contribution in [2.75, 3.05) is 5.32 Å². The van der Waals surface area contributed by atoms with E-state index in [0.29, 0.717) is 11.2 Å². The van der Waals surface area contributed by atoms with Crippen LogP contribution < -0.4 is 10.6 Å². The predicted molar refractivity (Wildman–Crippen MR) is 86.4 cm³/mol. The van der Waals surface area contributed by atoms with Crippen LogP contribution in [0.25, 0.3) is 11.0 Å². The molecule has 2 aromatic rings. The molecule has 2 heterocycles. The maximum atomic E-state index is 11.1. The van der Waals surface area contributed by atoms with Gasteiger partial charge in [-0.15, -0.1) is 0 Å². The molecule has 2 N–H and O–H groups in total. The Morgan fingerprint density at radius 2 is 1.83 bits per heavy atom. The minimum Gasteiger partial charge on any atom is -0.380 e. The summed E-state index contributed by atoms with van der Waals surface area (Å²) in [5.74, 6) is 0. The van der Waals surface area contributed by atoms with E-state index in [1.807, 2.05) is 0 Å². The van der Waals surface area contributed by atoms with E-state index in [4.69, 9.17) is 4.63 Å². The predicted octanol–water partition coefficient (Wildman–Crippen LogP) is 2.85. The number of hydrogen-bond donors (Lipinski definition) is 2. The first-order chi connectivity index (χ1) is 10.7. The fraction of sp³-hybridized carbons (Fsp3) is 0.600. The molecule has 1 aromatic heterocycles. The summed E-state index contributed by atoms with van der Waals surface area (Å²) in [4.78, 5) is 10.6. The summed E-state index contributed by atoms with van der Waals surface area (Å²) in [6, 6.07) is 3.33. The van der Waals surface area contributed by atoms with Gasteiger partial charge < -0.3 is 10.6 Å². The van der Waals surface area contributed by atoms with Gasteiger partial charge in [0.1, 0.15) is 0 Å². The largest absolute Gasteiger partial charge is 0.380 e. The Balaban J connectivity index is 1.92. The van der Waals surface area contributed by atoms with E-state index in [1.54, 1.807) is 6.07 Å². The van der Waals surface area contributed by atoms with Gasteiger partial charge in [0.2, 0.25) is 5.52 Å². The van der Waals surface area contributed by atoms with Crippen molar-refractivity contribution < 1.29 is 9.55 Å². The number of nitro benzene ring substituents is 1. The van der Waals surface area contributed by atoms with Gasteiger partial charge >= 0.3 is 5.69 Å². The van der Waals surface area contributed by atoms with Gasteiger partial charge in [-0.3, -0.25) is 10.1 Å². The molecule has 8 nitrogen and oxygen atoms in total. The molecular weight excluding hydrogens is 298 g/mol. The van der Waals surface area contributed by atoms with Crippen LogP contribution in [0.2, 0.25) is 0 Å². The summed E-state index contributed by atoms with van der Waals surface area (Å²) >= 11 is 0. The zero-order chi connectivity index (χ0) is 16.8. The van der Waals surface area contributed by atoms with Gasteiger partial charge in [0.05, 0.1) is 10.6 Å². The molecule has 0 bridgehead atoms. The summed E-state index contributed by atoms with van der Waals surface area (Å²) in [7, 11) is 0. The first kappa shape index (κ1) is 15.7. The zero-order valence-corrected chi connectivity index (χ0v) is 13.7. The molecule has 1 saturated heterocycles. The highest BCUT2D eigenvalue weighted by atomic mass is 16.6. The summed E-state index contributed by atoms with van der Waals surface area (Å²) in [6.45, 7) is 8.69. The second kappa shape index (κ2) is 5.16. The van der Waals surface area contributed by atoms with Crippen LogP contribution >= 0.6 is 0 Å². The molecule has 3 rings (SSSR count). The van der Waals surface area contributed by atoms with E-state index in [1.165, 1.54) is 6.07 Å². The number of nitrogens with zero attached hydrogens (tertiary/aromatic N) is 3. The summed E-state index contributed by atoms with van der Waals surface area (Å²) in [5, 5.41) is 25.6. The van der Waals surface area contributed by atoms with Crippen molar-refractivity contribution in [3.63, 3.8) is 0 Å². The zero-order valence-electron chi connectivity index (χ0n) is 13.7. The lowest BCUT2D eigenvalue weighted by Crippen LogP contribution is -2.60. The number of rotatable bonds is 3. The van der Waals surface area contributed by atoms with E-state index in [-0.39, 0.29) is 28.3 Å². The molecular formula is C15H21N5O3. The molecule has 0 spiro atoms. The quantitative estimate of drug-likeness (QED) is 0.661. The highest BCUT2D eigenvalue weighted by Crippen LogP contribution is 2.33. The van der Waals surface area contributed by atoms with Crippen molar-refractivity contribution in [1.82, 2.24) is 15.6 Å². The highest BCUT2D eigenvalue weighted by Gasteiger charge is 2.38. The molecule has 1 aromatic carbocycles. The number of nitro groups is 1. The third-order valence-corrected chi connectivity index (χ3v) is 4.14. The minimum atomic E-state index is -0.479. The van der Waals surface area contributed by atoms with Crippen molar-refractivity contribution in [3.8, 4) is 0 Å². The van der Waals surface area contributed by atoms with Crippen molar-refractivity contribution in [3.05, 3.63) is 22.2 Å². The Morgan fingerprint density at radius 3 is 2.43 bits per heavy atom. The van der Waals surface area contributed by atoms with Gasteiger partial charge in [-0.1, -0.05) is 0 Å². The second-order valence-electron chi connectivity index (χ2n) is 7.49. The van der Waals surface area contributed by atoms with Gasteiger partial charge in [0.15, 0.2) is 5.52 Å². The van der Waals surface area contributed by atoms with Crippen LogP contribution in [0.3, 0.4) is 0 Å². The lowest BCUT2D eigenvalue weighted by atomic mass is 9.79. The number of hydrogen-bond acceptors (Lipinski definition) is 7. The highest BCUT2D eigenvalue weighted by molar-refractivity contribution is 5.93. The Kier molecular flexibility index (Phi) is 3.51. The normalized spacial score (nSPS) is 20.5. The molecule has 0 amide bonds.